The van der Waals surface area contributed by atoms with E-state index >= 15 is 0 Å². The van der Waals surface area contributed by atoms with E-state index in [2.05, 4.69) is 50.0 Å². The quantitative estimate of drug-likeness (QED) is 0.844. The van der Waals surface area contributed by atoms with Gasteiger partial charge in [-0.05, 0) is 58.6 Å². The molecule has 1 heterocycles. The molecule has 1 aromatic rings. The molecule has 1 aliphatic carbocycles. The topological polar surface area (TPSA) is 29.9 Å². The molecule has 0 spiro atoms. The lowest BCUT2D eigenvalue weighted by molar-refractivity contribution is 0.325. The minimum absolute atomic E-state index is 0.203. The van der Waals surface area contributed by atoms with Crippen LogP contribution in [0.2, 0.25) is 0 Å². The molecule has 0 radical (unpaired) electrons. The van der Waals surface area contributed by atoms with Gasteiger partial charge in [0.2, 0.25) is 0 Å². The van der Waals surface area contributed by atoms with Crippen LogP contribution in [0.5, 0.6) is 0 Å². The van der Waals surface area contributed by atoms with E-state index in [1.807, 2.05) is 0 Å². The van der Waals surface area contributed by atoms with Crippen molar-refractivity contribution >= 4 is 0 Å². The molecule has 21 heavy (non-hydrogen) atoms. The SMILES string of the molecule is CCC(CNC(C)(C)C)Cc1ccn(C2CCCCC2)n1. The molecule has 1 saturated carbocycles. The molecule has 1 atom stereocenters. The fourth-order valence-electron chi connectivity index (χ4n) is 3.14. The van der Waals surface area contributed by atoms with E-state index < -0.39 is 0 Å². The number of nitrogens with one attached hydrogen (secondary N) is 1. The summed E-state index contributed by atoms with van der Waals surface area (Å²) < 4.78 is 2.23. The van der Waals surface area contributed by atoms with Crippen LogP contribution in [0.25, 0.3) is 0 Å². The van der Waals surface area contributed by atoms with Crippen molar-refractivity contribution in [3.8, 4) is 0 Å². The van der Waals surface area contributed by atoms with Crippen molar-refractivity contribution in [3.63, 3.8) is 0 Å². The lowest BCUT2D eigenvalue weighted by Gasteiger charge is -2.24. The fraction of sp³-hybridized carbons (Fsp3) is 0.833. The van der Waals surface area contributed by atoms with E-state index in [4.69, 9.17) is 5.10 Å². The summed E-state index contributed by atoms with van der Waals surface area (Å²) >= 11 is 0. The van der Waals surface area contributed by atoms with Crippen molar-refractivity contribution in [2.45, 2.75) is 84.2 Å². The highest BCUT2D eigenvalue weighted by Crippen LogP contribution is 2.27. The van der Waals surface area contributed by atoms with Gasteiger partial charge >= 0.3 is 0 Å². The summed E-state index contributed by atoms with van der Waals surface area (Å²) in [5, 5.41) is 8.48. The number of aromatic nitrogens is 2. The zero-order chi connectivity index (χ0) is 15.3. The third-order valence-electron chi connectivity index (χ3n) is 4.61. The molecule has 3 heteroatoms. The van der Waals surface area contributed by atoms with Gasteiger partial charge in [0.1, 0.15) is 0 Å². The molecule has 3 nitrogen and oxygen atoms in total. The van der Waals surface area contributed by atoms with Crippen molar-refractivity contribution in [3.05, 3.63) is 18.0 Å². The first kappa shape index (κ1) is 16.5. The Balaban J connectivity index is 1.87. The van der Waals surface area contributed by atoms with E-state index in [1.54, 1.807) is 0 Å². The summed E-state index contributed by atoms with van der Waals surface area (Å²) in [6.07, 6.45) is 11.3. The molecule has 0 saturated heterocycles. The standard InChI is InChI=1S/C18H33N3/c1-5-15(14-19-18(2,3)4)13-16-11-12-21(20-16)17-9-7-6-8-10-17/h11-12,15,17,19H,5-10,13-14H2,1-4H3. The van der Waals surface area contributed by atoms with Gasteiger partial charge in [-0.1, -0.05) is 32.6 Å². The van der Waals surface area contributed by atoms with Gasteiger partial charge in [-0.25, -0.2) is 0 Å². The third kappa shape index (κ3) is 5.46. The number of nitrogens with zero attached hydrogens (tertiary/aromatic N) is 2. The molecule has 0 amide bonds. The maximum Gasteiger partial charge on any atom is 0.0627 e. The molecule has 1 aliphatic rings. The molecule has 1 aromatic heterocycles. The first-order valence-electron chi connectivity index (χ1n) is 8.77. The molecule has 1 unspecified atom stereocenters. The Morgan fingerprint density at radius 1 is 1.29 bits per heavy atom. The summed E-state index contributed by atoms with van der Waals surface area (Å²) in [4.78, 5) is 0. The number of rotatable bonds is 6. The first-order chi connectivity index (χ1) is 9.98. The highest BCUT2D eigenvalue weighted by molar-refractivity contribution is 5.01. The van der Waals surface area contributed by atoms with Crippen LogP contribution in [0.1, 0.15) is 78.0 Å². The molecular weight excluding hydrogens is 258 g/mol. The molecular formula is C18H33N3. The van der Waals surface area contributed by atoms with Crippen LogP contribution in [0, 0.1) is 5.92 Å². The van der Waals surface area contributed by atoms with Crippen molar-refractivity contribution in [2.75, 3.05) is 6.54 Å². The summed E-state index contributed by atoms with van der Waals surface area (Å²) in [5.74, 6) is 0.680. The van der Waals surface area contributed by atoms with Crippen LogP contribution in [0.4, 0.5) is 0 Å². The smallest absolute Gasteiger partial charge is 0.0627 e. The summed E-state index contributed by atoms with van der Waals surface area (Å²) in [6, 6.07) is 2.88. The largest absolute Gasteiger partial charge is 0.312 e. The van der Waals surface area contributed by atoms with E-state index in [1.165, 1.54) is 44.2 Å². The summed E-state index contributed by atoms with van der Waals surface area (Å²) in [7, 11) is 0. The van der Waals surface area contributed by atoms with Gasteiger partial charge in [-0.15, -0.1) is 0 Å². The van der Waals surface area contributed by atoms with E-state index in [0.717, 1.165) is 13.0 Å². The predicted octanol–water partition coefficient (Wildman–Crippen LogP) is 4.35. The third-order valence-corrected chi connectivity index (χ3v) is 4.61. The predicted molar refractivity (Wildman–Crippen MR) is 89.6 cm³/mol. The van der Waals surface area contributed by atoms with Crippen LogP contribution in [-0.2, 0) is 6.42 Å². The second-order valence-electron chi connectivity index (χ2n) is 7.69. The Morgan fingerprint density at radius 2 is 2.00 bits per heavy atom. The molecule has 0 aromatic carbocycles. The zero-order valence-corrected chi connectivity index (χ0v) is 14.4. The molecule has 0 aliphatic heterocycles. The van der Waals surface area contributed by atoms with Crippen molar-refractivity contribution < 1.29 is 0 Å². The maximum absolute atomic E-state index is 4.85. The zero-order valence-electron chi connectivity index (χ0n) is 14.4. The number of hydrogen-bond acceptors (Lipinski definition) is 2. The molecule has 1 fully saturated rings. The highest BCUT2D eigenvalue weighted by atomic mass is 15.3. The monoisotopic (exact) mass is 291 g/mol. The van der Waals surface area contributed by atoms with Gasteiger partial charge in [0, 0.05) is 11.7 Å². The van der Waals surface area contributed by atoms with Crippen LogP contribution < -0.4 is 5.32 Å². The normalized spacial score (nSPS) is 18.9. The Morgan fingerprint density at radius 3 is 2.62 bits per heavy atom. The van der Waals surface area contributed by atoms with Gasteiger partial charge in [0.15, 0.2) is 0 Å². The van der Waals surface area contributed by atoms with E-state index in [9.17, 15) is 0 Å². The summed E-state index contributed by atoms with van der Waals surface area (Å²) in [5.41, 5.74) is 1.47. The van der Waals surface area contributed by atoms with E-state index in [-0.39, 0.29) is 5.54 Å². The Kier molecular flexibility index (Phi) is 5.86. The minimum atomic E-state index is 0.203. The Hall–Kier alpha value is -0.830. The highest BCUT2D eigenvalue weighted by Gasteiger charge is 2.18. The van der Waals surface area contributed by atoms with Crippen LogP contribution in [-0.4, -0.2) is 21.9 Å². The number of hydrogen-bond donors (Lipinski definition) is 1. The second kappa shape index (κ2) is 7.44. The Bertz CT molecular complexity index is 410. The van der Waals surface area contributed by atoms with Crippen molar-refractivity contribution in [1.29, 1.82) is 0 Å². The van der Waals surface area contributed by atoms with Crippen molar-refractivity contribution in [2.24, 2.45) is 5.92 Å². The second-order valence-corrected chi connectivity index (χ2v) is 7.69. The summed E-state index contributed by atoms with van der Waals surface area (Å²) in [6.45, 7) is 10.1. The van der Waals surface area contributed by atoms with Gasteiger partial charge in [0.25, 0.3) is 0 Å². The fourth-order valence-corrected chi connectivity index (χ4v) is 3.14. The lowest BCUT2D eigenvalue weighted by atomic mass is 9.96. The van der Waals surface area contributed by atoms with Crippen molar-refractivity contribution in [1.82, 2.24) is 15.1 Å². The van der Waals surface area contributed by atoms with Gasteiger partial charge < -0.3 is 5.32 Å². The van der Waals surface area contributed by atoms with Gasteiger partial charge in [0.05, 0.1) is 11.7 Å². The van der Waals surface area contributed by atoms with Crippen LogP contribution in [0.3, 0.4) is 0 Å². The van der Waals surface area contributed by atoms with Gasteiger partial charge in [-0.3, -0.25) is 4.68 Å². The first-order valence-corrected chi connectivity index (χ1v) is 8.77. The van der Waals surface area contributed by atoms with Crippen LogP contribution >= 0.6 is 0 Å². The molecule has 1 N–H and O–H groups in total. The van der Waals surface area contributed by atoms with E-state index in [0.29, 0.717) is 12.0 Å². The maximum atomic E-state index is 4.85. The van der Waals surface area contributed by atoms with Crippen LogP contribution in [0.15, 0.2) is 12.3 Å². The molecule has 120 valence electrons. The Labute approximate surface area is 130 Å². The average Bonchev–Trinajstić information content (AvgIpc) is 2.92. The lowest BCUT2D eigenvalue weighted by Crippen LogP contribution is -2.39. The average molecular weight is 291 g/mol. The van der Waals surface area contributed by atoms with Gasteiger partial charge in [-0.2, -0.15) is 5.10 Å². The molecule has 0 bridgehead atoms. The molecule has 2 rings (SSSR count). The minimum Gasteiger partial charge on any atom is -0.312 e.